The summed E-state index contributed by atoms with van der Waals surface area (Å²) in [4.78, 5) is 12.2. The number of hydrogen-bond donors (Lipinski definition) is 0. The van der Waals surface area contributed by atoms with Gasteiger partial charge in [0.2, 0.25) is 10.0 Å². The topological polar surface area (TPSA) is 94.4 Å². The molecule has 0 unspecified atom stereocenters. The molecule has 170 valence electrons. The first kappa shape index (κ1) is 24.0. The molecule has 0 aliphatic rings. The lowest BCUT2D eigenvalue weighted by atomic mass is 10.1. The first-order chi connectivity index (χ1) is 15.1. The minimum absolute atomic E-state index is 0.160. The smallest absolute Gasteiger partial charge is 0.318 e. The second-order valence-electron chi connectivity index (χ2n) is 7.48. The van der Waals surface area contributed by atoms with Crippen LogP contribution in [0.5, 0.6) is 0 Å². The summed E-state index contributed by atoms with van der Waals surface area (Å²) in [6.45, 7) is 5.71. The lowest BCUT2D eigenvalue weighted by molar-refractivity contribution is -0.139. The first-order valence-electron chi connectivity index (χ1n) is 9.87. The molecule has 0 aliphatic carbocycles. The number of aryl methyl sites for hydroxylation is 2. The van der Waals surface area contributed by atoms with Crippen molar-refractivity contribution in [3.8, 4) is 17.1 Å². The fraction of sp³-hybridized carbons (Fsp3) is 0.318. The van der Waals surface area contributed by atoms with E-state index in [2.05, 4.69) is 10.2 Å². The Morgan fingerprint density at radius 3 is 2.31 bits per heavy atom. The van der Waals surface area contributed by atoms with Crippen LogP contribution in [-0.2, 0) is 19.6 Å². The molecule has 8 nitrogen and oxygen atoms in total. The highest BCUT2D eigenvalue weighted by Gasteiger charge is 2.25. The van der Waals surface area contributed by atoms with Crippen molar-refractivity contribution in [3.63, 3.8) is 0 Å². The molecule has 2 aromatic carbocycles. The molecule has 3 aromatic rings. The van der Waals surface area contributed by atoms with Crippen LogP contribution < -0.4 is 0 Å². The zero-order chi connectivity index (χ0) is 23.6. The van der Waals surface area contributed by atoms with Gasteiger partial charge in [-0.05, 0) is 44.0 Å². The van der Waals surface area contributed by atoms with Gasteiger partial charge in [0.25, 0.3) is 0 Å². The standard InChI is InChI=1S/C22H26N4O4S2/c1-14-9-7-10-15(2)19(14)26-20(23-24-22(26)31-16(3)21(27)30-6)17-11-8-12-18(13-17)32(28,29)25(4)5/h7-13,16H,1-6H3/t16-/m0/s1. The second-order valence-corrected chi connectivity index (χ2v) is 10.9. The van der Waals surface area contributed by atoms with Crippen LogP contribution >= 0.6 is 11.8 Å². The van der Waals surface area contributed by atoms with Gasteiger partial charge in [-0.3, -0.25) is 9.36 Å². The highest BCUT2D eigenvalue weighted by atomic mass is 32.2. The van der Waals surface area contributed by atoms with Gasteiger partial charge < -0.3 is 4.74 Å². The van der Waals surface area contributed by atoms with Crippen LogP contribution in [0.25, 0.3) is 17.1 Å². The van der Waals surface area contributed by atoms with Crippen molar-refractivity contribution in [2.45, 2.75) is 36.1 Å². The molecule has 0 saturated carbocycles. The normalized spacial score (nSPS) is 12.7. The summed E-state index contributed by atoms with van der Waals surface area (Å²) in [6, 6.07) is 12.5. The molecule has 1 aromatic heterocycles. The predicted octanol–water partition coefficient (Wildman–Crippen LogP) is 3.46. The number of para-hydroxylation sites is 1. The average Bonchev–Trinajstić information content (AvgIpc) is 3.16. The lowest BCUT2D eigenvalue weighted by Crippen LogP contribution is -2.22. The first-order valence-corrected chi connectivity index (χ1v) is 12.2. The molecule has 32 heavy (non-hydrogen) atoms. The molecular weight excluding hydrogens is 448 g/mol. The molecule has 1 heterocycles. The van der Waals surface area contributed by atoms with Crippen molar-refractivity contribution < 1.29 is 17.9 Å². The SMILES string of the molecule is COC(=O)[C@H](C)Sc1nnc(-c2cccc(S(=O)(=O)N(C)C)c2)n1-c1c(C)cccc1C. The third-order valence-corrected chi connectivity index (χ3v) is 7.81. The number of methoxy groups -OCH3 is 1. The van der Waals surface area contributed by atoms with Crippen LogP contribution in [0.15, 0.2) is 52.5 Å². The van der Waals surface area contributed by atoms with Gasteiger partial charge in [0.05, 0.1) is 17.7 Å². The lowest BCUT2D eigenvalue weighted by Gasteiger charge is -2.17. The van der Waals surface area contributed by atoms with Gasteiger partial charge in [0.1, 0.15) is 5.25 Å². The Balaban J connectivity index is 2.23. The van der Waals surface area contributed by atoms with E-state index in [0.717, 1.165) is 16.8 Å². The number of rotatable bonds is 7. The molecular formula is C22H26N4O4S2. The van der Waals surface area contributed by atoms with Crippen LogP contribution in [0, 0.1) is 13.8 Å². The van der Waals surface area contributed by atoms with Crippen LogP contribution in [0.3, 0.4) is 0 Å². The number of hydrogen-bond acceptors (Lipinski definition) is 7. The summed E-state index contributed by atoms with van der Waals surface area (Å²) in [5.41, 5.74) is 3.47. The Morgan fingerprint density at radius 1 is 1.09 bits per heavy atom. The fourth-order valence-corrected chi connectivity index (χ4v) is 5.10. The van der Waals surface area contributed by atoms with Crippen LogP contribution in [0.1, 0.15) is 18.1 Å². The van der Waals surface area contributed by atoms with Crippen molar-refractivity contribution in [1.82, 2.24) is 19.1 Å². The van der Waals surface area contributed by atoms with Gasteiger partial charge in [-0.25, -0.2) is 12.7 Å². The van der Waals surface area contributed by atoms with E-state index in [1.807, 2.05) is 36.6 Å². The van der Waals surface area contributed by atoms with Crippen LogP contribution in [-0.4, -0.2) is 59.9 Å². The Bertz CT molecular complexity index is 1230. The minimum Gasteiger partial charge on any atom is -0.468 e. The Labute approximate surface area is 192 Å². The van der Waals surface area contributed by atoms with Gasteiger partial charge in [-0.1, -0.05) is 42.1 Å². The predicted molar refractivity (Wildman–Crippen MR) is 124 cm³/mol. The van der Waals surface area contributed by atoms with E-state index in [9.17, 15) is 13.2 Å². The second kappa shape index (κ2) is 9.43. The largest absolute Gasteiger partial charge is 0.468 e. The fourth-order valence-electron chi connectivity index (χ4n) is 3.27. The summed E-state index contributed by atoms with van der Waals surface area (Å²) < 4.78 is 33.2. The number of nitrogens with zero attached hydrogens (tertiary/aromatic N) is 4. The Hall–Kier alpha value is -2.69. The summed E-state index contributed by atoms with van der Waals surface area (Å²) >= 11 is 1.23. The summed E-state index contributed by atoms with van der Waals surface area (Å²) in [6.07, 6.45) is 0. The zero-order valence-corrected chi connectivity index (χ0v) is 20.5. The molecule has 0 spiro atoms. The van der Waals surface area contributed by atoms with Gasteiger partial charge in [0, 0.05) is 19.7 Å². The number of aromatic nitrogens is 3. The van der Waals surface area contributed by atoms with E-state index in [4.69, 9.17) is 4.74 Å². The zero-order valence-electron chi connectivity index (χ0n) is 18.9. The quantitative estimate of drug-likeness (QED) is 0.382. The van der Waals surface area contributed by atoms with E-state index in [1.54, 1.807) is 31.2 Å². The van der Waals surface area contributed by atoms with E-state index >= 15 is 0 Å². The number of thioether (sulfide) groups is 1. The summed E-state index contributed by atoms with van der Waals surface area (Å²) in [5.74, 6) is 0.115. The highest BCUT2D eigenvalue weighted by Crippen LogP contribution is 2.33. The molecule has 0 aliphatic heterocycles. The monoisotopic (exact) mass is 474 g/mol. The molecule has 3 rings (SSSR count). The van der Waals surface area contributed by atoms with Gasteiger partial charge in [0.15, 0.2) is 11.0 Å². The van der Waals surface area contributed by atoms with Crippen LogP contribution in [0.2, 0.25) is 0 Å². The van der Waals surface area contributed by atoms with Crippen molar-refractivity contribution in [2.75, 3.05) is 21.2 Å². The maximum absolute atomic E-state index is 12.7. The maximum Gasteiger partial charge on any atom is 0.318 e. The number of ether oxygens (including phenoxy) is 1. The maximum atomic E-state index is 12.7. The van der Waals surface area contributed by atoms with E-state index < -0.39 is 15.3 Å². The Kier molecular flexibility index (Phi) is 7.06. The summed E-state index contributed by atoms with van der Waals surface area (Å²) in [5, 5.41) is 8.74. The number of esters is 1. The van der Waals surface area contributed by atoms with Gasteiger partial charge in [-0.2, -0.15) is 0 Å². The summed E-state index contributed by atoms with van der Waals surface area (Å²) in [7, 11) is 0.707. The van der Waals surface area contributed by atoms with Crippen molar-refractivity contribution in [2.24, 2.45) is 0 Å². The van der Waals surface area contributed by atoms with Crippen molar-refractivity contribution in [3.05, 3.63) is 53.6 Å². The molecule has 0 bridgehead atoms. The van der Waals surface area contributed by atoms with Crippen molar-refractivity contribution in [1.29, 1.82) is 0 Å². The number of carbonyl (C=O) groups excluding carboxylic acids is 1. The number of carbonyl (C=O) groups is 1. The third-order valence-electron chi connectivity index (χ3n) is 4.98. The number of sulfonamides is 1. The molecule has 0 amide bonds. The van der Waals surface area contributed by atoms with E-state index in [-0.39, 0.29) is 10.9 Å². The molecule has 0 saturated heterocycles. The molecule has 0 radical (unpaired) electrons. The highest BCUT2D eigenvalue weighted by molar-refractivity contribution is 8.00. The van der Waals surface area contributed by atoms with Crippen molar-refractivity contribution >= 4 is 27.8 Å². The molecule has 10 heteroatoms. The minimum atomic E-state index is -3.62. The molecule has 0 fully saturated rings. The number of benzene rings is 2. The van der Waals surface area contributed by atoms with Gasteiger partial charge in [-0.15, -0.1) is 10.2 Å². The average molecular weight is 475 g/mol. The van der Waals surface area contributed by atoms with E-state index in [0.29, 0.717) is 16.5 Å². The van der Waals surface area contributed by atoms with Crippen LogP contribution in [0.4, 0.5) is 0 Å². The third kappa shape index (κ3) is 4.57. The van der Waals surface area contributed by atoms with Gasteiger partial charge >= 0.3 is 5.97 Å². The molecule has 0 N–H and O–H groups in total. The van der Waals surface area contributed by atoms with E-state index in [1.165, 1.54) is 37.3 Å². The Morgan fingerprint density at radius 2 is 1.72 bits per heavy atom. The molecule has 1 atom stereocenters.